The lowest BCUT2D eigenvalue weighted by atomic mass is 10.2. The number of aliphatic hydroxyl groups is 1. The van der Waals surface area contributed by atoms with Crippen LogP contribution in [0.4, 0.5) is 0 Å². The van der Waals surface area contributed by atoms with E-state index in [1.54, 1.807) is 0 Å². The van der Waals surface area contributed by atoms with Crippen LogP contribution in [-0.4, -0.2) is 23.7 Å². The van der Waals surface area contributed by atoms with Gasteiger partial charge in [0.1, 0.15) is 0 Å². The summed E-state index contributed by atoms with van der Waals surface area (Å²) in [5.41, 5.74) is 0.204. The van der Waals surface area contributed by atoms with Gasteiger partial charge in [0.15, 0.2) is 0 Å². The highest BCUT2D eigenvalue weighted by Gasteiger charge is 2.09. The number of ether oxygens (including phenoxy) is 1. The maximum atomic E-state index is 10.9. The second kappa shape index (κ2) is 6.37. The molecule has 0 radical (unpaired) electrons. The van der Waals surface area contributed by atoms with Gasteiger partial charge in [-0.1, -0.05) is 6.58 Å². The van der Waals surface area contributed by atoms with Crippen molar-refractivity contribution in [2.45, 2.75) is 26.2 Å². The average Bonchev–Trinajstić information content (AvgIpc) is 2.04. The number of rotatable bonds is 5. The first-order chi connectivity index (χ1) is 6.07. The van der Waals surface area contributed by atoms with Crippen molar-refractivity contribution in [2.75, 3.05) is 6.61 Å². The van der Waals surface area contributed by atoms with Gasteiger partial charge >= 0.3 is 11.9 Å². The van der Waals surface area contributed by atoms with Crippen molar-refractivity contribution in [3.8, 4) is 0 Å². The molecule has 74 valence electrons. The van der Waals surface area contributed by atoms with Gasteiger partial charge in [0.2, 0.25) is 0 Å². The van der Waals surface area contributed by atoms with E-state index < -0.39 is 11.9 Å². The summed E-state index contributed by atoms with van der Waals surface area (Å²) in [4.78, 5) is 21.7. The molecule has 0 atom stereocenters. The SMILES string of the molecule is C=C(C)C(=O)OC(=O)CCCCO. The predicted octanol–water partition coefficient (Wildman–Crippen LogP) is 0.795. The minimum absolute atomic E-state index is 0.0434. The first-order valence-electron chi connectivity index (χ1n) is 4.09. The Kier molecular flexibility index (Phi) is 5.80. The molecule has 0 aromatic rings. The zero-order valence-corrected chi connectivity index (χ0v) is 7.71. The van der Waals surface area contributed by atoms with E-state index in [4.69, 9.17) is 5.11 Å². The van der Waals surface area contributed by atoms with E-state index in [1.807, 2.05) is 0 Å². The molecule has 0 aromatic heterocycles. The molecular weight excluding hydrogens is 172 g/mol. The van der Waals surface area contributed by atoms with E-state index in [2.05, 4.69) is 11.3 Å². The Morgan fingerprint density at radius 1 is 1.38 bits per heavy atom. The minimum atomic E-state index is -0.686. The van der Waals surface area contributed by atoms with Crippen molar-refractivity contribution < 1.29 is 19.4 Å². The van der Waals surface area contributed by atoms with Crippen LogP contribution < -0.4 is 0 Å². The lowest BCUT2D eigenvalue weighted by molar-refractivity contribution is -0.156. The number of unbranched alkanes of at least 4 members (excludes halogenated alkanes) is 1. The van der Waals surface area contributed by atoms with Gasteiger partial charge in [-0.25, -0.2) is 4.79 Å². The molecule has 0 saturated carbocycles. The van der Waals surface area contributed by atoms with Crippen molar-refractivity contribution in [2.24, 2.45) is 0 Å². The summed E-state index contributed by atoms with van der Waals surface area (Å²) in [6.07, 6.45) is 1.22. The molecule has 0 aromatic carbocycles. The number of hydrogen-bond acceptors (Lipinski definition) is 4. The summed E-state index contributed by atoms with van der Waals surface area (Å²) in [7, 11) is 0. The van der Waals surface area contributed by atoms with E-state index in [1.165, 1.54) is 6.92 Å². The van der Waals surface area contributed by atoms with Crippen LogP contribution in [0.3, 0.4) is 0 Å². The van der Waals surface area contributed by atoms with Crippen LogP contribution in [0.5, 0.6) is 0 Å². The topological polar surface area (TPSA) is 63.6 Å². The normalized spacial score (nSPS) is 9.38. The number of carbonyl (C=O) groups excluding carboxylic acids is 2. The van der Waals surface area contributed by atoms with E-state index >= 15 is 0 Å². The molecule has 13 heavy (non-hydrogen) atoms. The highest BCUT2D eigenvalue weighted by Crippen LogP contribution is 1.99. The summed E-state index contributed by atoms with van der Waals surface area (Å²) < 4.78 is 4.40. The molecule has 4 heteroatoms. The van der Waals surface area contributed by atoms with Gasteiger partial charge in [-0.05, 0) is 19.8 Å². The Balaban J connectivity index is 3.62. The van der Waals surface area contributed by atoms with Crippen molar-refractivity contribution in [1.29, 1.82) is 0 Å². The lowest BCUT2D eigenvalue weighted by Gasteiger charge is -2.00. The molecule has 0 bridgehead atoms. The van der Waals surface area contributed by atoms with E-state index in [0.717, 1.165) is 0 Å². The highest BCUT2D eigenvalue weighted by atomic mass is 16.6. The summed E-state index contributed by atoms with van der Waals surface area (Å²) in [5.74, 6) is -1.25. The van der Waals surface area contributed by atoms with Crippen LogP contribution >= 0.6 is 0 Å². The molecule has 0 heterocycles. The van der Waals surface area contributed by atoms with E-state index in [0.29, 0.717) is 12.8 Å². The zero-order valence-electron chi connectivity index (χ0n) is 7.71. The molecular formula is C9H14O4. The van der Waals surface area contributed by atoms with Crippen molar-refractivity contribution in [3.63, 3.8) is 0 Å². The van der Waals surface area contributed by atoms with Crippen LogP contribution in [0.2, 0.25) is 0 Å². The van der Waals surface area contributed by atoms with Crippen molar-refractivity contribution in [1.82, 2.24) is 0 Å². The highest BCUT2D eigenvalue weighted by molar-refractivity contribution is 5.95. The fraction of sp³-hybridized carbons (Fsp3) is 0.556. The largest absolute Gasteiger partial charge is 0.396 e. The van der Waals surface area contributed by atoms with Gasteiger partial charge in [0, 0.05) is 18.6 Å². The van der Waals surface area contributed by atoms with Crippen LogP contribution in [0.1, 0.15) is 26.2 Å². The molecule has 0 spiro atoms. The molecule has 0 aliphatic rings. The number of aliphatic hydroxyl groups excluding tert-OH is 1. The fourth-order valence-corrected chi connectivity index (χ4v) is 0.623. The van der Waals surface area contributed by atoms with E-state index in [-0.39, 0.29) is 18.6 Å². The number of hydrogen-bond donors (Lipinski definition) is 1. The molecule has 0 aliphatic heterocycles. The molecule has 0 fully saturated rings. The van der Waals surface area contributed by atoms with Crippen molar-refractivity contribution >= 4 is 11.9 Å². The van der Waals surface area contributed by atoms with Crippen LogP contribution in [0.15, 0.2) is 12.2 Å². The van der Waals surface area contributed by atoms with Gasteiger partial charge < -0.3 is 9.84 Å². The maximum Gasteiger partial charge on any atom is 0.340 e. The summed E-state index contributed by atoms with van der Waals surface area (Å²) in [6, 6.07) is 0. The first kappa shape index (κ1) is 11.8. The van der Waals surface area contributed by atoms with E-state index in [9.17, 15) is 9.59 Å². The lowest BCUT2D eigenvalue weighted by Crippen LogP contribution is -2.12. The monoisotopic (exact) mass is 186 g/mol. The summed E-state index contributed by atoms with van der Waals surface area (Å²) >= 11 is 0. The third-order valence-corrected chi connectivity index (χ3v) is 1.34. The molecule has 0 rings (SSSR count). The first-order valence-corrected chi connectivity index (χ1v) is 4.09. The second-order valence-corrected chi connectivity index (χ2v) is 2.72. The molecule has 0 aliphatic carbocycles. The van der Waals surface area contributed by atoms with Gasteiger partial charge in [-0.2, -0.15) is 0 Å². The molecule has 0 amide bonds. The molecule has 0 unspecified atom stereocenters. The summed E-state index contributed by atoms with van der Waals surface area (Å²) in [6.45, 7) is 4.86. The Hall–Kier alpha value is -1.16. The molecule has 0 saturated heterocycles. The average molecular weight is 186 g/mol. The predicted molar refractivity (Wildman–Crippen MR) is 46.8 cm³/mol. The summed E-state index contributed by atoms with van der Waals surface area (Å²) in [5, 5.41) is 8.42. The molecule has 4 nitrogen and oxygen atoms in total. The van der Waals surface area contributed by atoms with Crippen LogP contribution in [0.25, 0.3) is 0 Å². The van der Waals surface area contributed by atoms with Crippen molar-refractivity contribution in [3.05, 3.63) is 12.2 Å². The van der Waals surface area contributed by atoms with Crippen LogP contribution in [0, 0.1) is 0 Å². The minimum Gasteiger partial charge on any atom is -0.396 e. The third-order valence-electron chi connectivity index (χ3n) is 1.34. The fourth-order valence-electron chi connectivity index (χ4n) is 0.623. The Morgan fingerprint density at radius 2 is 2.00 bits per heavy atom. The van der Waals surface area contributed by atoms with Crippen LogP contribution in [-0.2, 0) is 14.3 Å². The standard InChI is InChI=1S/C9H14O4/c1-7(2)9(12)13-8(11)5-3-4-6-10/h10H,1,3-6H2,2H3. The van der Waals surface area contributed by atoms with Gasteiger partial charge in [-0.15, -0.1) is 0 Å². The Morgan fingerprint density at radius 3 is 2.46 bits per heavy atom. The third kappa shape index (κ3) is 6.04. The quantitative estimate of drug-likeness (QED) is 0.298. The smallest absolute Gasteiger partial charge is 0.340 e. The van der Waals surface area contributed by atoms with Gasteiger partial charge in [0.25, 0.3) is 0 Å². The van der Waals surface area contributed by atoms with Gasteiger partial charge in [0.05, 0.1) is 0 Å². The number of carbonyl (C=O) groups is 2. The molecule has 1 N–H and O–H groups in total. The number of esters is 2. The second-order valence-electron chi connectivity index (χ2n) is 2.72. The Bertz CT molecular complexity index is 208. The maximum absolute atomic E-state index is 10.9. The Labute approximate surface area is 77.2 Å². The van der Waals surface area contributed by atoms with Gasteiger partial charge in [-0.3, -0.25) is 4.79 Å². The zero-order chi connectivity index (χ0) is 10.3.